The molecule has 1 aliphatic rings. The lowest BCUT2D eigenvalue weighted by molar-refractivity contribution is -0.123. The highest BCUT2D eigenvalue weighted by molar-refractivity contribution is 6.07. The first-order valence-electron chi connectivity index (χ1n) is 4.59. The van der Waals surface area contributed by atoms with Crippen molar-refractivity contribution in [1.82, 2.24) is 10.6 Å². The third-order valence-electron chi connectivity index (χ3n) is 2.52. The Bertz CT molecular complexity index is 465. The Balaban J connectivity index is 2.51. The second-order valence-electron chi connectivity index (χ2n) is 3.77. The smallest absolute Gasteiger partial charge is 0.322 e. The molecule has 0 radical (unpaired) electrons. The summed E-state index contributed by atoms with van der Waals surface area (Å²) >= 11 is 0. The minimum atomic E-state index is -1.27. The van der Waals surface area contributed by atoms with Crippen molar-refractivity contribution in [2.24, 2.45) is 0 Å². The summed E-state index contributed by atoms with van der Waals surface area (Å²) in [7, 11) is 0. The van der Waals surface area contributed by atoms with E-state index in [0.29, 0.717) is 5.56 Å². The van der Waals surface area contributed by atoms with E-state index in [0.717, 1.165) is 6.07 Å². The summed E-state index contributed by atoms with van der Waals surface area (Å²) in [5, 5.41) is 23.2. The molecule has 3 amide bonds. The number of phenolic OH excluding ortho intramolecular Hbond substituents is 2. The van der Waals surface area contributed by atoms with Crippen molar-refractivity contribution in [2.45, 2.75) is 12.5 Å². The predicted molar refractivity (Wildman–Crippen MR) is 53.8 cm³/mol. The van der Waals surface area contributed by atoms with Crippen LogP contribution in [-0.2, 0) is 10.3 Å². The van der Waals surface area contributed by atoms with Crippen LogP contribution in [0.25, 0.3) is 0 Å². The van der Waals surface area contributed by atoms with Crippen molar-refractivity contribution >= 4 is 11.9 Å². The second kappa shape index (κ2) is 3.13. The zero-order valence-corrected chi connectivity index (χ0v) is 8.44. The molecule has 1 atom stereocenters. The number of hydrogen-bond donors (Lipinski definition) is 4. The van der Waals surface area contributed by atoms with E-state index in [9.17, 15) is 19.8 Å². The second-order valence-corrected chi connectivity index (χ2v) is 3.77. The van der Waals surface area contributed by atoms with Crippen molar-refractivity contribution in [1.29, 1.82) is 0 Å². The number of phenols is 2. The third kappa shape index (κ3) is 1.44. The number of imide groups is 1. The highest BCUT2D eigenvalue weighted by atomic mass is 16.3. The maximum Gasteiger partial charge on any atom is 0.322 e. The molecule has 0 spiro atoms. The molecule has 16 heavy (non-hydrogen) atoms. The van der Waals surface area contributed by atoms with E-state index in [1.807, 2.05) is 0 Å². The van der Waals surface area contributed by atoms with Gasteiger partial charge in [0.15, 0.2) is 0 Å². The summed E-state index contributed by atoms with van der Waals surface area (Å²) in [5.74, 6) is -0.877. The minimum absolute atomic E-state index is 0.176. The summed E-state index contributed by atoms with van der Waals surface area (Å²) in [6, 6.07) is 3.16. The van der Waals surface area contributed by atoms with Crippen LogP contribution in [0.2, 0.25) is 0 Å². The fourth-order valence-electron chi connectivity index (χ4n) is 1.63. The number of benzene rings is 1. The Kier molecular flexibility index (Phi) is 2.01. The van der Waals surface area contributed by atoms with Crippen molar-refractivity contribution < 1.29 is 19.8 Å². The molecular formula is C10H10N2O4. The van der Waals surface area contributed by atoms with Crippen LogP contribution in [0.4, 0.5) is 4.79 Å². The molecule has 6 heteroatoms. The van der Waals surface area contributed by atoms with Crippen LogP contribution in [0, 0.1) is 0 Å². The first-order valence-corrected chi connectivity index (χ1v) is 4.59. The zero-order chi connectivity index (χ0) is 11.9. The van der Waals surface area contributed by atoms with E-state index in [4.69, 9.17) is 0 Å². The van der Waals surface area contributed by atoms with Crippen LogP contribution in [0.15, 0.2) is 18.2 Å². The van der Waals surface area contributed by atoms with Gasteiger partial charge in [-0.05, 0) is 24.6 Å². The van der Waals surface area contributed by atoms with Gasteiger partial charge in [-0.1, -0.05) is 0 Å². The minimum Gasteiger partial charge on any atom is -0.508 e. The predicted octanol–water partition coefficient (Wildman–Crippen LogP) is 0.152. The molecule has 6 nitrogen and oxygen atoms in total. The fraction of sp³-hybridized carbons (Fsp3) is 0.200. The van der Waals surface area contributed by atoms with Gasteiger partial charge in [0.05, 0.1) is 0 Å². The Morgan fingerprint density at radius 1 is 1.12 bits per heavy atom. The molecule has 4 N–H and O–H groups in total. The average Bonchev–Trinajstić information content (AvgIpc) is 2.40. The fourth-order valence-corrected chi connectivity index (χ4v) is 1.63. The number of nitrogens with one attached hydrogen (secondary N) is 2. The first kappa shape index (κ1) is 10.3. The standard InChI is InChI=1S/C10H10N2O4/c1-10(8(15)11-9(16)12-10)5-2-6(13)4-7(14)3-5/h2-4,13-14H,1H3,(H2,11,12,15,16). The van der Waals surface area contributed by atoms with Crippen LogP contribution in [-0.4, -0.2) is 22.2 Å². The Hall–Kier alpha value is -2.24. The summed E-state index contributed by atoms with van der Waals surface area (Å²) in [6.45, 7) is 1.49. The monoisotopic (exact) mass is 222 g/mol. The molecule has 1 fully saturated rings. The lowest BCUT2D eigenvalue weighted by atomic mass is 9.92. The Morgan fingerprint density at radius 3 is 2.12 bits per heavy atom. The maximum atomic E-state index is 11.6. The average molecular weight is 222 g/mol. The van der Waals surface area contributed by atoms with Gasteiger partial charge in [-0.2, -0.15) is 0 Å². The van der Waals surface area contributed by atoms with Crippen molar-refractivity contribution in [3.63, 3.8) is 0 Å². The van der Waals surface area contributed by atoms with Gasteiger partial charge in [0, 0.05) is 6.07 Å². The van der Waals surface area contributed by atoms with E-state index < -0.39 is 17.5 Å². The van der Waals surface area contributed by atoms with E-state index in [1.54, 1.807) is 0 Å². The van der Waals surface area contributed by atoms with Crippen molar-refractivity contribution in [3.05, 3.63) is 23.8 Å². The summed E-state index contributed by atoms with van der Waals surface area (Å²) < 4.78 is 0. The van der Waals surface area contributed by atoms with Gasteiger partial charge in [-0.3, -0.25) is 10.1 Å². The van der Waals surface area contributed by atoms with Crippen LogP contribution in [0.3, 0.4) is 0 Å². The molecule has 2 rings (SSSR count). The van der Waals surface area contributed by atoms with Gasteiger partial charge in [-0.25, -0.2) is 4.79 Å². The molecule has 1 heterocycles. The molecule has 1 aromatic carbocycles. The van der Waals surface area contributed by atoms with Crippen LogP contribution in [0.1, 0.15) is 12.5 Å². The molecule has 1 saturated heterocycles. The van der Waals surface area contributed by atoms with Crippen LogP contribution >= 0.6 is 0 Å². The highest BCUT2D eigenvalue weighted by Crippen LogP contribution is 2.30. The van der Waals surface area contributed by atoms with Gasteiger partial charge in [0.2, 0.25) is 0 Å². The number of carbonyl (C=O) groups is 2. The topological polar surface area (TPSA) is 98.7 Å². The summed E-state index contributed by atoms with van der Waals surface area (Å²) in [4.78, 5) is 22.6. The molecule has 0 saturated carbocycles. The van der Waals surface area contributed by atoms with Gasteiger partial charge >= 0.3 is 6.03 Å². The van der Waals surface area contributed by atoms with Crippen LogP contribution in [0.5, 0.6) is 11.5 Å². The molecule has 84 valence electrons. The van der Waals surface area contributed by atoms with Gasteiger partial charge in [-0.15, -0.1) is 0 Å². The van der Waals surface area contributed by atoms with Gasteiger partial charge in [0.25, 0.3) is 5.91 Å². The molecule has 1 unspecified atom stereocenters. The largest absolute Gasteiger partial charge is 0.508 e. The molecular weight excluding hydrogens is 212 g/mol. The van der Waals surface area contributed by atoms with Crippen molar-refractivity contribution in [3.8, 4) is 11.5 Å². The zero-order valence-electron chi connectivity index (χ0n) is 8.44. The SMILES string of the molecule is CC1(c2cc(O)cc(O)c2)NC(=O)NC1=O. The Labute approximate surface area is 90.9 Å². The molecule has 0 aliphatic carbocycles. The van der Waals surface area contributed by atoms with Crippen molar-refractivity contribution in [2.75, 3.05) is 0 Å². The summed E-state index contributed by atoms with van der Waals surface area (Å²) in [5.41, 5.74) is -0.957. The molecule has 0 aromatic heterocycles. The lowest BCUT2D eigenvalue weighted by Crippen LogP contribution is -2.40. The van der Waals surface area contributed by atoms with Crippen LogP contribution < -0.4 is 10.6 Å². The first-order chi connectivity index (χ1) is 7.41. The van der Waals surface area contributed by atoms with E-state index in [2.05, 4.69) is 10.6 Å². The van der Waals surface area contributed by atoms with E-state index in [-0.39, 0.29) is 11.5 Å². The number of aromatic hydroxyl groups is 2. The molecule has 1 aliphatic heterocycles. The quantitative estimate of drug-likeness (QED) is 0.508. The third-order valence-corrected chi connectivity index (χ3v) is 2.52. The maximum absolute atomic E-state index is 11.6. The Morgan fingerprint density at radius 2 is 1.69 bits per heavy atom. The number of amides is 3. The van der Waals surface area contributed by atoms with E-state index in [1.165, 1.54) is 19.1 Å². The highest BCUT2D eigenvalue weighted by Gasteiger charge is 2.43. The van der Waals surface area contributed by atoms with Gasteiger partial charge < -0.3 is 15.5 Å². The summed E-state index contributed by atoms with van der Waals surface area (Å²) in [6.07, 6.45) is 0. The number of urea groups is 1. The lowest BCUT2D eigenvalue weighted by Gasteiger charge is -2.21. The van der Waals surface area contributed by atoms with Gasteiger partial charge in [0.1, 0.15) is 17.0 Å². The molecule has 0 bridgehead atoms. The van der Waals surface area contributed by atoms with E-state index >= 15 is 0 Å². The number of carbonyl (C=O) groups excluding carboxylic acids is 2. The molecule has 1 aromatic rings. The number of hydrogen-bond acceptors (Lipinski definition) is 4. The normalized spacial score (nSPS) is 24.1. The number of rotatable bonds is 1.